The highest BCUT2D eigenvalue weighted by Gasteiger charge is 2.28. The maximum absolute atomic E-state index is 12.7. The molecule has 4 nitrogen and oxygen atoms in total. The number of nitrogens with one attached hydrogen (secondary N) is 1. The normalized spacial score (nSPS) is 19.5. The molecule has 0 unspecified atom stereocenters. The maximum Gasteiger partial charge on any atom is 0.226 e. The van der Waals surface area contributed by atoms with Crippen molar-refractivity contribution in [3.8, 4) is 0 Å². The van der Waals surface area contributed by atoms with Gasteiger partial charge < -0.3 is 15.1 Å². The van der Waals surface area contributed by atoms with E-state index in [1.807, 2.05) is 0 Å². The summed E-state index contributed by atoms with van der Waals surface area (Å²) in [7, 11) is 2.11. The molecule has 1 aromatic carbocycles. The summed E-state index contributed by atoms with van der Waals surface area (Å²) in [6, 6.07) is 8.42. The minimum atomic E-state index is 0. The van der Waals surface area contributed by atoms with Gasteiger partial charge in [-0.1, -0.05) is 18.2 Å². The fourth-order valence-electron chi connectivity index (χ4n) is 3.21. The first kappa shape index (κ1) is 16.1. The first-order valence-corrected chi connectivity index (χ1v) is 7.54. The Kier molecular flexibility index (Phi) is 5.48. The summed E-state index contributed by atoms with van der Waals surface area (Å²) >= 11 is 0. The first-order valence-electron chi connectivity index (χ1n) is 7.54. The third kappa shape index (κ3) is 3.50. The molecule has 2 heterocycles. The molecule has 2 aliphatic rings. The van der Waals surface area contributed by atoms with Gasteiger partial charge in [-0.15, -0.1) is 12.4 Å². The third-order valence-corrected chi connectivity index (χ3v) is 4.47. The molecular weight excluding hydrogens is 286 g/mol. The van der Waals surface area contributed by atoms with Crippen LogP contribution in [-0.4, -0.2) is 44.0 Å². The predicted octanol–water partition coefficient (Wildman–Crippen LogP) is 1.89. The molecule has 0 aliphatic carbocycles. The highest BCUT2D eigenvalue weighted by atomic mass is 35.5. The standard InChI is InChI=1S/C16H23N3O.ClH/c1-18-10-11-19(12-14-4-2-3-5-15(14)18)16(20)13-6-8-17-9-7-13;/h2-5,13,17H,6-12H2,1H3;1H. The monoisotopic (exact) mass is 309 g/mol. The SMILES string of the molecule is CN1CCN(C(=O)C2CCNCC2)Cc2ccccc21.Cl. The quantitative estimate of drug-likeness (QED) is 0.860. The van der Waals surface area contributed by atoms with E-state index in [-0.39, 0.29) is 18.3 Å². The largest absolute Gasteiger partial charge is 0.373 e. The van der Waals surface area contributed by atoms with Crippen molar-refractivity contribution in [2.45, 2.75) is 19.4 Å². The molecule has 1 fully saturated rings. The number of piperidine rings is 1. The Labute approximate surface area is 132 Å². The van der Waals surface area contributed by atoms with Crippen molar-refractivity contribution in [3.05, 3.63) is 29.8 Å². The van der Waals surface area contributed by atoms with Gasteiger partial charge in [0, 0.05) is 38.3 Å². The Bertz CT molecular complexity index is 488. The van der Waals surface area contributed by atoms with E-state index in [4.69, 9.17) is 0 Å². The molecule has 0 atom stereocenters. The number of likely N-dealkylation sites (N-methyl/N-ethyl adjacent to an activating group) is 1. The van der Waals surface area contributed by atoms with Crippen molar-refractivity contribution in [2.24, 2.45) is 5.92 Å². The first-order chi connectivity index (χ1) is 9.75. The van der Waals surface area contributed by atoms with E-state index in [1.165, 1.54) is 11.3 Å². The fraction of sp³-hybridized carbons (Fsp3) is 0.562. The van der Waals surface area contributed by atoms with Gasteiger partial charge in [-0.25, -0.2) is 0 Å². The van der Waals surface area contributed by atoms with Gasteiger partial charge in [0.1, 0.15) is 0 Å². The zero-order valence-electron chi connectivity index (χ0n) is 12.5. The van der Waals surface area contributed by atoms with Crippen LogP contribution >= 0.6 is 12.4 Å². The van der Waals surface area contributed by atoms with Crippen molar-refractivity contribution < 1.29 is 4.79 Å². The molecule has 1 N–H and O–H groups in total. The van der Waals surface area contributed by atoms with E-state index in [0.717, 1.165) is 45.6 Å². The van der Waals surface area contributed by atoms with E-state index >= 15 is 0 Å². The van der Waals surface area contributed by atoms with Crippen LogP contribution in [0, 0.1) is 5.92 Å². The minimum absolute atomic E-state index is 0. The number of hydrogen-bond acceptors (Lipinski definition) is 3. The van der Waals surface area contributed by atoms with E-state index < -0.39 is 0 Å². The Morgan fingerprint density at radius 2 is 1.90 bits per heavy atom. The number of hydrogen-bond donors (Lipinski definition) is 1. The van der Waals surface area contributed by atoms with Crippen LogP contribution in [0.4, 0.5) is 5.69 Å². The molecule has 0 aromatic heterocycles. The molecular formula is C16H24ClN3O. The predicted molar refractivity (Wildman–Crippen MR) is 88.0 cm³/mol. The highest BCUT2D eigenvalue weighted by Crippen LogP contribution is 2.25. The number of benzene rings is 1. The molecule has 1 aromatic rings. The summed E-state index contributed by atoms with van der Waals surface area (Å²) < 4.78 is 0. The lowest BCUT2D eigenvalue weighted by Gasteiger charge is -2.28. The molecule has 21 heavy (non-hydrogen) atoms. The van der Waals surface area contributed by atoms with Gasteiger partial charge in [0.05, 0.1) is 0 Å². The summed E-state index contributed by atoms with van der Waals surface area (Å²) in [6.07, 6.45) is 1.96. The Morgan fingerprint density at radius 1 is 1.19 bits per heavy atom. The maximum atomic E-state index is 12.7. The average molecular weight is 310 g/mol. The molecule has 0 bridgehead atoms. The lowest BCUT2D eigenvalue weighted by atomic mass is 9.96. The molecule has 2 aliphatic heterocycles. The van der Waals surface area contributed by atoms with Crippen LogP contribution in [0.1, 0.15) is 18.4 Å². The molecule has 0 radical (unpaired) electrons. The van der Waals surface area contributed by atoms with Gasteiger partial charge in [0.25, 0.3) is 0 Å². The van der Waals surface area contributed by atoms with Gasteiger partial charge >= 0.3 is 0 Å². The molecule has 5 heteroatoms. The van der Waals surface area contributed by atoms with Crippen LogP contribution < -0.4 is 10.2 Å². The second-order valence-electron chi connectivity index (χ2n) is 5.83. The Balaban J connectivity index is 0.00000161. The molecule has 116 valence electrons. The van der Waals surface area contributed by atoms with Crippen LogP contribution in [0.25, 0.3) is 0 Å². The summed E-state index contributed by atoms with van der Waals surface area (Å²) in [6.45, 7) is 4.44. The number of amides is 1. The van der Waals surface area contributed by atoms with Gasteiger partial charge in [-0.2, -0.15) is 0 Å². The second-order valence-corrected chi connectivity index (χ2v) is 5.83. The number of carbonyl (C=O) groups excluding carboxylic acids is 1. The summed E-state index contributed by atoms with van der Waals surface area (Å²) in [5.74, 6) is 0.559. The topological polar surface area (TPSA) is 35.6 Å². The average Bonchev–Trinajstić information content (AvgIpc) is 2.67. The van der Waals surface area contributed by atoms with Gasteiger partial charge in [0.15, 0.2) is 0 Å². The summed E-state index contributed by atoms with van der Waals surface area (Å²) in [5, 5.41) is 3.33. The van der Waals surface area contributed by atoms with E-state index in [1.54, 1.807) is 0 Å². The highest BCUT2D eigenvalue weighted by molar-refractivity contribution is 5.85. The van der Waals surface area contributed by atoms with Crippen LogP contribution in [0.3, 0.4) is 0 Å². The number of halogens is 1. The molecule has 1 saturated heterocycles. The fourth-order valence-corrected chi connectivity index (χ4v) is 3.21. The van der Waals surface area contributed by atoms with Gasteiger partial charge in [-0.3, -0.25) is 4.79 Å². The molecule has 0 saturated carbocycles. The molecule has 0 spiro atoms. The number of rotatable bonds is 1. The van der Waals surface area contributed by atoms with E-state index in [2.05, 4.69) is 46.4 Å². The van der Waals surface area contributed by atoms with Crippen molar-refractivity contribution >= 4 is 24.0 Å². The smallest absolute Gasteiger partial charge is 0.226 e. The van der Waals surface area contributed by atoms with Crippen molar-refractivity contribution in [3.63, 3.8) is 0 Å². The summed E-state index contributed by atoms with van der Waals surface area (Å²) in [5.41, 5.74) is 2.52. The van der Waals surface area contributed by atoms with Crippen molar-refractivity contribution in [1.29, 1.82) is 0 Å². The summed E-state index contributed by atoms with van der Waals surface area (Å²) in [4.78, 5) is 17.0. The number of nitrogens with zero attached hydrogens (tertiary/aromatic N) is 2. The van der Waals surface area contributed by atoms with E-state index in [0.29, 0.717) is 5.91 Å². The lowest BCUT2D eigenvalue weighted by molar-refractivity contribution is -0.136. The number of fused-ring (bicyclic) bond motifs is 1. The number of para-hydroxylation sites is 1. The Morgan fingerprint density at radius 3 is 2.67 bits per heavy atom. The number of anilines is 1. The van der Waals surface area contributed by atoms with Crippen LogP contribution in [0.5, 0.6) is 0 Å². The third-order valence-electron chi connectivity index (χ3n) is 4.47. The zero-order chi connectivity index (χ0) is 13.9. The second kappa shape index (κ2) is 7.14. The van der Waals surface area contributed by atoms with Gasteiger partial charge in [0.2, 0.25) is 5.91 Å². The number of carbonyl (C=O) groups is 1. The van der Waals surface area contributed by atoms with Crippen molar-refractivity contribution in [1.82, 2.24) is 10.2 Å². The van der Waals surface area contributed by atoms with Crippen LogP contribution in [0.2, 0.25) is 0 Å². The molecule has 3 rings (SSSR count). The lowest BCUT2D eigenvalue weighted by Crippen LogP contribution is -2.42. The van der Waals surface area contributed by atoms with Crippen molar-refractivity contribution in [2.75, 3.05) is 38.1 Å². The zero-order valence-corrected chi connectivity index (χ0v) is 13.4. The van der Waals surface area contributed by atoms with Crippen LogP contribution in [-0.2, 0) is 11.3 Å². The minimum Gasteiger partial charge on any atom is -0.373 e. The van der Waals surface area contributed by atoms with E-state index in [9.17, 15) is 4.79 Å². The van der Waals surface area contributed by atoms with Crippen LogP contribution in [0.15, 0.2) is 24.3 Å². The Hall–Kier alpha value is -1.26. The molecule has 1 amide bonds. The van der Waals surface area contributed by atoms with Gasteiger partial charge in [-0.05, 0) is 37.6 Å².